The largest absolute Gasteiger partial charge is 0.369 e. The van der Waals surface area contributed by atoms with Crippen molar-refractivity contribution < 1.29 is 4.92 Å². The van der Waals surface area contributed by atoms with Crippen LogP contribution in [0.2, 0.25) is 0 Å². The van der Waals surface area contributed by atoms with Gasteiger partial charge in [0.15, 0.2) is 0 Å². The number of rotatable bonds is 5. The van der Waals surface area contributed by atoms with Crippen molar-refractivity contribution in [1.82, 2.24) is 9.97 Å². The van der Waals surface area contributed by atoms with Gasteiger partial charge in [0.2, 0.25) is 0 Å². The summed E-state index contributed by atoms with van der Waals surface area (Å²) < 4.78 is 1.01. The number of fused-ring (bicyclic) bond motifs is 1. The Labute approximate surface area is 151 Å². The van der Waals surface area contributed by atoms with Gasteiger partial charge in [-0.2, -0.15) is 0 Å². The number of aromatic nitrogens is 2. The Morgan fingerprint density at radius 1 is 1.28 bits per heavy atom. The molecule has 3 aromatic rings. The van der Waals surface area contributed by atoms with Crippen molar-refractivity contribution in [3.8, 4) is 0 Å². The van der Waals surface area contributed by atoms with Gasteiger partial charge in [-0.25, -0.2) is 4.98 Å². The van der Waals surface area contributed by atoms with E-state index < -0.39 is 10.5 Å². The van der Waals surface area contributed by atoms with Crippen LogP contribution in [-0.2, 0) is 6.42 Å². The minimum absolute atomic E-state index is 0.107. The average molecular weight is 403 g/mol. The van der Waals surface area contributed by atoms with E-state index in [0.29, 0.717) is 17.7 Å². The van der Waals surface area contributed by atoms with Crippen LogP contribution in [0.3, 0.4) is 0 Å². The normalized spacial score (nSPS) is 10.8. The summed E-state index contributed by atoms with van der Waals surface area (Å²) in [5.74, 6) is 0. The summed E-state index contributed by atoms with van der Waals surface area (Å²) in [5, 5.41) is 11.6. The fourth-order valence-corrected chi connectivity index (χ4v) is 2.88. The number of aromatic amines is 1. The lowest BCUT2D eigenvalue weighted by Crippen LogP contribution is -2.21. The summed E-state index contributed by atoms with van der Waals surface area (Å²) in [6.45, 7) is 0.594. The van der Waals surface area contributed by atoms with Gasteiger partial charge in [0.25, 0.3) is 11.2 Å². The number of H-pyrrole nitrogens is 1. The van der Waals surface area contributed by atoms with E-state index in [1.807, 2.05) is 29.2 Å². The Balaban J connectivity index is 1.92. The summed E-state index contributed by atoms with van der Waals surface area (Å²) in [7, 11) is 1.79. The summed E-state index contributed by atoms with van der Waals surface area (Å²) in [6.07, 6.45) is 2.03. The van der Waals surface area contributed by atoms with Crippen molar-refractivity contribution >= 4 is 38.2 Å². The highest BCUT2D eigenvalue weighted by Crippen LogP contribution is 2.30. The molecule has 0 aliphatic carbocycles. The van der Waals surface area contributed by atoms with Crippen LogP contribution >= 0.6 is 15.9 Å². The van der Waals surface area contributed by atoms with Crippen molar-refractivity contribution in [2.24, 2.45) is 0 Å². The number of hydrogen-bond donors (Lipinski definition) is 1. The third-order valence-corrected chi connectivity index (χ3v) is 4.52. The van der Waals surface area contributed by atoms with Crippen LogP contribution in [0.1, 0.15) is 5.56 Å². The molecule has 0 bridgehead atoms. The molecule has 0 aliphatic rings. The number of nitro groups is 1. The first-order chi connectivity index (χ1) is 12.0. The molecular weight excluding hydrogens is 388 g/mol. The highest BCUT2D eigenvalue weighted by Gasteiger charge is 2.20. The molecule has 0 amide bonds. The molecule has 0 saturated carbocycles. The topological polar surface area (TPSA) is 92.1 Å². The molecule has 0 aliphatic heterocycles. The molecule has 0 spiro atoms. The van der Waals surface area contributed by atoms with Gasteiger partial charge in [-0.15, -0.1) is 0 Å². The first kappa shape index (κ1) is 17.1. The highest BCUT2D eigenvalue weighted by atomic mass is 79.9. The average Bonchev–Trinajstić information content (AvgIpc) is 2.60. The fraction of sp³-hybridized carbons (Fsp3) is 0.176. The Bertz CT molecular complexity index is 985. The van der Waals surface area contributed by atoms with Gasteiger partial charge >= 0.3 is 0 Å². The summed E-state index contributed by atoms with van der Waals surface area (Å²) >= 11 is 3.40. The predicted octanol–water partition coefficient (Wildman–Crippen LogP) is 3.27. The Morgan fingerprint density at radius 3 is 2.68 bits per heavy atom. The minimum Gasteiger partial charge on any atom is -0.369 e. The lowest BCUT2D eigenvalue weighted by molar-refractivity contribution is -0.384. The summed E-state index contributed by atoms with van der Waals surface area (Å²) in [4.78, 5) is 31.1. The monoisotopic (exact) mass is 402 g/mol. The zero-order valence-corrected chi connectivity index (χ0v) is 15.0. The van der Waals surface area contributed by atoms with Gasteiger partial charge in [0.1, 0.15) is 5.69 Å². The predicted molar refractivity (Wildman–Crippen MR) is 100 cm³/mol. The second-order valence-electron chi connectivity index (χ2n) is 5.64. The third-order valence-electron chi connectivity index (χ3n) is 3.99. The van der Waals surface area contributed by atoms with E-state index in [2.05, 4.69) is 25.9 Å². The third kappa shape index (κ3) is 3.69. The second kappa shape index (κ2) is 7.02. The first-order valence-electron chi connectivity index (χ1n) is 7.57. The molecule has 1 heterocycles. The van der Waals surface area contributed by atoms with Gasteiger partial charge in [-0.1, -0.05) is 28.1 Å². The van der Waals surface area contributed by atoms with Crippen molar-refractivity contribution in [2.75, 3.05) is 18.5 Å². The maximum Gasteiger partial charge on any atom is 0.293 e. The van der Waals surface area contributed by atoms with Crippen LogP contribution in [0.15, 0.2) is 52.0 Å². The lowest BCUT2D eigenvalue weighted by Gasteiger charge is -2.19. The van der Waals surface area contributed by atoms with Crippen LogP contribution in [0.4, 0.5) is 11.4 Å². The van der Waals surface area contributed by atoms with Gasteiger partial charge in [-0.05, 0) is 30.2 Å². The van der Waals surface area contributed by atoms with E-state index in [-0.39, 0.29) is 11.1 Å². The van der Waals surface area contributed by atoms with E-state index >= 15 is 0 Å². The molecular formula is C17H15BrN4O3. The van der Waals surface area contributed by atoms with E-state index in [4.69, 9.17) is 0 Å². The molecule has 7 nitrogen and oxygen atoms in total. The molecule has 0 fully saturated rings. The standard InChI is InChI=1S/C17H15BrN4O3/c1-21(7-6-11-2-4-12(18)5-3-11)15-9-14-13(8-16(15)22(24)25)17(23)20-10-19-14/h2-5,8-10H,6-7H2,1H3,(H,19,20,23). The fourth-order valence-electron chi connectivity index (χ4n) is 2.61. The first-order valence-corrected chi connectivity index (χ1v) is 8.36. The van der Waals surface area contributed by atoms with Crippen LogP contribution < -0.4 is 10.5 Å². The van der Waals surface area contributed by atoms with Gasteiger partial charge in [0.05, 0.1) is 22.2 Å². The van der Waals surface area contributed by atoms with Gasteiger partial charge < -0.3 is 9.88 Å². The Morgan fingerprint density at radius 2 is 2.00 bits per heavy atom. The molecule has 0 saturated heterocycles. The number of likely N-dealkylation sites (N-methyl/N-ethyl adjacent to an activating group) is 1. The van der Waals surface area contributed by atoms with Gasteiger partial charge in [0, 0.05) is 24.1 Å². The van der Waals surface area contributed by atoms with E-state index in [0.717, 1.165) is 16.5 Å². The Hall–Kier alpha value is -2.74. The van der Waals surface area contributed by atoms with Crippen molar-refractivity contribution in [3.63, 3.8) is 0 Å². The number of anilines is 1. The molecule has 0 radical (unpaired) electrons. The number of halogens is 1. The molecule has 128 valence electrons. The smallest absolute Gasteiger partial charge is 0.293 e. The molecule has 0 unspecified atom stereocenters. The van der Waals surface area contributed by atoms with Crippen molar-refractivity contribution in [2.45, 2.75) is 6.42 Å². The van der Waals surface area contributed by atoms with Crippen molar-refractivity contribution in [1.29, 1.82) is 0 Å². The quantitative estimate of drug-likeness (QED) is 0.522. The van der Waals surface area contributed by atoms with E-state index in [1.54, 1.807) is 13.1 Å². The van der Waals surface area contributed by atoms with Crippen LogP contribution in [0.5, 0.6) is 0 Å². The second-order valence-corrected chi connectivity index (χ2v) is 6.56. The van der Waals surface area contributed by atoms with Crippen LogP contribution in [0, 0.1) is 10.1 Å². The van der Waals surface area contributed by atoms with Crippen molar-refractivity contribution in [3.05, 3.63) is 73.2 Å². The van der Waals surface area contributed by atoms with Crippen LogP contribution in [0.25, 0.3) is 10.9 Å². The highest BCUT2D eigenvalue weighted by molar-refractivity contribution is 9.10. The maximum atomic E-state index is 11.8. The molecule has 1 N–H and O–H groups in total. The maximum absolute atomic E-state index is 11.8. The van der Waals surface area contributed by atoms with Gasteiger partial charge in [-0.3, -0.25) is 14.9 Å². The molecule has 8 heteroatoms. The minimum atomic E-state index is -0.475. The summed E-state index contributed by atoms with van der Waals surface area (Å²) in [5.41, 5.74) is 1.50. The Kier molecular flexibility index (Phi) is 4.80. The molecule has 2 aromatic carbocycles. The number of hydrogen-bond acceptors (Lipinski definition) is 5. The molecule has 1 aromatic heterocycles. The lowest BCUT2D eigenvalue weighted by atomic mass is 10.1. The molecule has 0 atom stereocenters. The zero-order chi connectivity index (χ0) is 18.0. The number of nitrogens with zero attached hydrogens (tertiary/aromatic N) is 3. The summed E-state index contributed by atoms with van der Waals surface area (Å²) in [6, 6.07) is 10.8. The number of benzene rings is 2. The van der Waals surface area contributed by atoms with Crippen LogP contribution in [-0.4, -0.2) is 28.5 Å². The number of nitrogens with one attached hydrogen (secondary N) is 1. The van der Waals surface area contributed by atoms with E-state index in [9.17, 15) is 14.9 Å². The SMILES string of the molecule is CN(CCc1ccc(Br)cc1)c1cc2nc[nH]c(=O)c2cc1[N+](=O)[O-]. The molecule has 25 heavy (non-hydrogen) atoms. The zero-order valence-electron chi connectivity index (χ0n) is 13.4. The van der Waals surface area contributed by atoms with E-state index in [1.165, 1.54) is 12.4 Å². The molecule has 3 rings (SSSR count). The number of nitro benzene ring substituents is 1.